The normalized spacial score (nSPS) is 13.7. The lowest BCUT2D eigenvalue weighted by atomic mass is 10.2. The Bertz CT molecular complexity index is 735. The van der Waals surface area contributed by atoms with Gasteiger partial charge in [0.2, 0.25) is 5.88 Å². The number of nitrogens with zero attached hydrogens (tertiary/aromatic N) is 3. The SMILES string of the molecule is COC(=O)c1ccc(Cn2cnc(OC3CC3)cc2=O)nc1. The molecule has 0 radical (unpaired) electrons. The lowest BCUT2D eigenvalue weighted by Crippen LogP contribution is -2.21. The van der Waals surface area contributed by atoms with E-state index in [0.717, 1.165) is 12.8 Å². The molecule has 0 unspecified atom stereocenters. The summed E-state index contributed by atoms with van der Waals surface area (Å²) in [4.78, 5) is 31.6. The van der Waals surface area contributed by atoms with E-state index in [1.807, 2.05) is 0 Å². The third-order valence-electron chi connectivity index (χ3n) is 3.24. The van der Waals surface area contributed by atoms with E-state index >= 15 is 0 Å². The van der Waals surface area contributed by atoms with Crippen LogP contribution in [0.1, 0.15) is 28.9 Å². The second kappa shape index (κ2) is 5.97. The zero-order valence-electron chi connectivity index (χ0n) is 12.1. The van der Waals surface area contributed by atoms with Crippen LogP contribution in [0.4, 0.5) is 0 Å². The fourth-order valence-corrected chi connectivity index (χ4v) is 1.88. The number of methoxy groups -OCH3 is 1. The first kappa shape index (κ1) is 14.2. The molecule has 7 heteroatoms. The lowest BCUT2D eigenvalue weighted by molar-refractivity contribution is 0.0600. The highest BCUT2D eigenvalue weighted by Crippen LogP contribution is 2.24. The van der Waals surface area contributed by atoms with Crippen LogP contribution in [0.25, 0.3) is 0 Å². The molecule has 0 amide bonds. The molecule has 22 heavy (non-hydrogen) atoms. The standard InChI is InChI=1S/C15H15N3O4/c1-21-15(20)10-2-3-11(16-7-10)8-18-9-17-13(6-14(18)19)22-12-4-5-12/h2-3,6-7,9,12H,4-5,8H2,1H3. The minimum Gasteiger partial charge on any atom is -0.474 e. The minimum absolute atomic E-state index is 0.204. The Kier molecular flexibility index (Phi) is 3.86. The highest BCUT2D eigenvalue weighted by molar-refractivity contribution is 5.88. The molecule has 0 atom stereocenters. The molecule has 2 aromatic heterocycles. The number of esters is 1. The van der Waals surface area contributed by atoms with Crippen LogP contribution in [-0.2, 0) is 11.3 Å². The van der Waals surface area contributed by atoms with Crippen molar-refractivity contribution in [1.82, 2.24) is 14.5 Å². The fourth-order valence-electron chi connectivity index (χ4n) is 1.88. The van der Waals surface area contributed by atoms with E-state index in [4.69, 9.17) is 4.74 Å². The van der Waals surface area contributed by atoms with Crippen molar-refractivity contribution in [3.05, 3.63) is 52.3 Å². The molecule has 114 valence electrons. The second-order valence-corrected chi connectivity index (χ2v) is 5.04. The Balaban J connectivity index is 1.72. The number of carbonyl (C=O) groups excluding carboxylic acids is 1. The van der Waals surface area contributed by atoms with E-state index in [0.29, 0.717) is 17.1 Å². The van der Waals surface area contributed by atoms with Crippen molar-refractivity contribution < 1.29 is 14.3 Å². The van der Waals surface area contributed by atoms with Crippen LogP contribution < -0.4 is 10.3 Å². The number of aromatic nitrogens is 3. The molecule has 0 spiro atoms. The van der Waals surface area contributed by atoms with Crippen LogP contribution in [-0.4, -0.2) is 33.7 Å². The topological polar surface area (TPSA) is 83.3 Å². The number of hydrogen-bond donors (Lipinski definition) is 0. The van der Waals surface area contributed by atoms with Gasteiger partial charge in [-0.1, -0.05) is 0 Å². The van der Waals surface area contributed by atoms with Gasteiger partial charge < -0.3 is 9.47 Å². The largest absolute Gasteiger partial charge is 0.474 e. The van der Waals surface area contributed by atoms with Crippen molar-refractivity contribution in [3.63, 3.8) is 0 Å². The molecular weight excluding hydrogens is 286 g/mol. The average Bonchev–Trinajstić information content (AvgIpc) is 3.34. The van der Waals surface area contributed by atoms with Gasteiger partial charge in [0.25, 0.3) is 5.56 Å². The summed E-state index contributed by atoms with van der Waals surface area (Å²) in [6.45, 7) is 0.275. The molecule has 0 saturated heterocycles. The summed E-state index contributed by atoms with van der Waals surface area (Å²) in [6.07, 6.45) is 5.10. The first-order chi connectivity index (χ1) is 10.7. The zero-order chi connectivity index (χ0) is 15.5. The number of hydrogen-bond acceptors (Lipinski definition) is 6. The predicted octanol–water partition coefficient (Wildman–Crippen LogP) is 1.01. The van der Waals surface area contributed by atoms with Gasteiger partial charge in [0.05, 0.1) is 31.0 Å². The predicted molar refractivity (Wildman–Crippen MR) is 76.8 cm³/mol. The van der Waals surface area contributed by atoms with Gasteiger partial charge in [0, 0.05) is 6.20 Å². The second-order valence-electron chi connectivity index (χ2n) is 5.04. The summed E-state index contributed by atoms with van der Waals surface area (Å²) in [5.74, 6) is -0.0859. The molecule has 7 nitrogen and oxygen atoms in total. The molecule has 0 bridgehead atoms. The van der Waals surface area contributed by atoms with E-state index in [1.165, 1.54) is 30.3 Å². The van der Waals surface area contributed by atoms with Crippen molar-refractivity contribution >= 4 is 5.97 Å². The Morgan fingerprint density at radius 2 is 2.18 bits per heavy atom. The number of ether oxygens (including phenoxy) is 2. The first-order valence-corrected chi connectivity index (χ1v) is 6.92. The van der Waals surface area contributed by atoms with Crippen molar-refractivity contribution in [1.29, 1.82) is 0 Å². The quantitative estimate of drug-likeness (QED) is 0.767. The van der Waals surface area contributed by atoms with Gasteiger partial charge in [0.15, 0.2) is 0 Å². The van der Waals surface area contributed by atoms with E-state index in [-0.39, 0.29) is 18.2 Å². The molecular formula is C15H15N3O4. The number of carbonyl (C=O) groups is 1. The fraction of sp³-hybridized carbons (Fsp3) is 0.333. The molecule has 1 fully saturated rings. The molecule has 1 saturated carbocycles. The first-order valence-electron chi connectivity index (χ1n) is 6.92. The van der Waals surface area contributed by atoms with Gasteiger partial charge >= 0.3 is 5.97 Å². The minimum atomic E-state index is -0.445. The highest BCUT2D eigenvalue weighted by Gasteiger charge is 2.24. The highest BCUT2D eigenvalue weighted by atomic mass is 16.5. The average molecular weight is 301 g/mol. The molecule has 0 N–H and O–H groups in total. The summed E-state index contributed by atoms with van der Waals surface area (Å²) in [7, 11) is 1.31. The maximum absolute atomic E-state index is 12.0. The maximum Gasteiger partial charge on any atom is 0.339 e. The van der Waals surface area contributed by atoms with Crippen LogP contribution in [0.5, 0.6) is 5.88 Å². The van der Waals surface area contributed by atoms with Crippen LogP contribution in [0.3, 0.4) is 0 Å². The van der Waals surface area contributed by atoms with E-state index in [2.05, 4.69) is 14.7 Å². The Hall–Kier alpha value is -2.70. The summed E-state index contributed by atoms with van der Waals surface area (Å²) >= 11 is 0. The number of pyridine rings is 1. The van der Waals surface area contributed by atoms with Crippen LogP contribution in [0, 0.1) is 0 Å². The summed E-state index contributed by atoms with van der Waals surface area (Å²) < 4.78 is 11.5. The third-order valence-corrected chi connectivity index (χ3v) is 3.24. The van der Waals surface area contributed by atoms with Crippen molar-refractivity contribution in [2.24, 2.45) is 0 Å². The maximum atomic E-state index is 12.0. The summed E-state index contributed by atoms with van der Waals surface area (Å²) in [6, 6.07) is 4.66. The Labute approximate surface area is 126 Å². The Morgan fingerprint density at radius 3 is 2.77 bits per heavy atom. The number of rotatable bonds is 5. The van der Waals surface area contributed by atoms with Crippen molar-refractivity contribution in [2.75, 3.05) is 7.11 Å². The third kappa shape index (κ3) is 3.30. The van der Waals surface area contributed by atoms with E-state index in [1.54, 1.807) is 12.1 Å². The zero-order valence-corrected chi connectivity index (χ0v) is 12.1. The lowest BCUT2D eigenvalue weighted by Gasteiger charge is -2.07. The molecule has 2 aromatic rings. The van der Waals surface area contributed by atoms with Crippen LogP contribution >= 0.6 is 0 Å². The Morgan fingerprint density at radius 1 is 1.36 bits per heavy atom. The van der Waals surface area contributed by atoms with Gasteiger partial charge in [-0.3, -0.25) is 14.3 Å². The monoisotopic (exact) mass is 301 g/mol. The molecule has 0 aromatic carbocycles. The van der Waals surface area contributed by atoms with E-state index in [9.17, 15) is 9.59 Å². The van der Waals surface area contributed by atoms with Crippen LogP contribution in [0.2, 0.25) is 0 Å². The van der Waals surface area contributed by atoms with Gasteiger partial charge in [-0.25, -0.2) is 9.78 Å². The van der Waals surface area contributed by atoms with Crippen molar-refractivity contribution in [3.8, 4) is 5.88 Å². The van der Waals surface area contributed by atoms with E-state index < -0.39 is 5.97 Å². The van der Waals surface area contributed by atoms with Crippen LogP contribution in [0.15, 0.2) is 35.5 Å². The molecule has 3 rings (SSSR count). The van der Waals surface area contributed by atoms with Gasteiger partial charge in [-0.15, -0.1) is 0 Å². The van der Waals surface area contributed by atoms with Gasteiger partial charge in [-0.2, -0.15) is 0 Å². The smallest absolute Gasteiger partial charge is 0.339 e. The van der Waals surface area contributed by atoms with Crippen molar-refractivity contribution in [2.45, 2.75) is 25.5 Å². The summed E-state index contributed by atoms with van der Waals surface area (Å²) in [5.41, 5.74) is 0.807. The summed E-state index contributed by atoms with van der Waals surface area (Å²) in [5, 5.41) is 0. The van der Waals surface area contributed by atoms with Gasteiger partial charge in [-0.05, 0) is 25.0 Å². The molecule has 0 aliphatic heterocycles. The molecule has 1 aliphatic rings. The molecule has 1 aliphatic carbocycles. The van der Waals surface area contributed by atoms with Gasteiger partial charge in [0.1, 0.15) is 12.4 Å². The molecule has 2 heterocycles.